The number of carboxylic acids is 1. The number of nitrogen functional groups attached to an aromatic ring is 1. The van der Waals surface area contributed by atoms with Gasteiger partial charge in [-0.1, -0.05) is 122 Å². The molecule has 0 aromatic heterocycles. The molecule has 5 rings (SSSR count). The number of aliphatic carboxylic acids is 1. The Morgan fingerprint density at radius 2 is 0.937 bits per heavy atom. The second-order valence-corrected chi connectivity index (χ2v) is 20.1. The number of carbonyl (C=O) groups excluding carboxylic acids is 7. The van der Waals surface area contributed by atoms with Crippen LogP contribution in [0.2, 0.25) is 0 Å². The Kier molecular flexibility index (Phi) is 24.6. The minimum absolute atomic E-state index is 0.0106. The molecule has 0 saturated heterocycles. The summed E-state index contributed by atoms with van der Waals surface area (Å²) < 4.78 is 0. The van der Waals surface area contributed by atoms with Crippen molar-refractivity contribution in [3.63, 3.8) is 0 Å². The predicted octanol–water partition coefficient (Wildman–Crippen LogP) is 1.43. The van der Waals surface area contributed by atoms with Crippen LogP contribution < -0.4 is 54.4 Å². The van der Waals surface area contributed by atoms with Crippen molar-refractivity contribution < 1.29 is 48.6 Å². The number of hydrogen-bond acceptors (Lipinski definition) is 14. The first kappa shape index (κ1) is 62.3. The van der Waals surface area contributed by atoms with Crippen molar-refractivity contribution in [2.45, 2.75) is 113 Å². The van der Waals surface area contributed by atoms with Crippen LogP contribution in [0.5, 0.6) is 0 Å². The number of rotatable bonds is 30. The molecular weight excluding hydrogens is 1050 g/mol. The zero-order valence-corrected chi connectivity index (χ0v) is 45.8. The minimum Gasteiger partial charge on any atom is -0.480 e. The topological polar surface area (TPSA) is 339 Å². The maximum atomic E-state index is 15.1. The van der Waals surface area contributed by atoms with Crippen LogP contribution in [0, 0.1) is 0 Å². The summed E-state index contributed by atoms with van der Waals surface area (Å²) in [4.78, 5) is 112. The van der Waals surface area contributed by atoms with Crippen molar-refractivity contribution in [3.8, 4) is 0 Å². The van der Waals surface area contributed by atoms with E-state index in [1.165, 1.54) is 6.92 Å². The Hall–Kier alpha value is -7.50. The standard InChI is InChI=1S/C57H72N10O10S2/c1-33(39-23-22-38-17-9-10-18-40(38)30-39)48(66-54(73)46(29-37-20-24-41(59)25-21-37)63-52(71)44(62-50(69)42(60)31-78)27-35-13-5-3-6-14-35)55(74)61-43(19-11-12-26-58)51(70)67-49(34(2)68)56(75)64-45(28-36-15-7-4-8-16-36)53(72)65-47(32-79)57(76)77/h3-10,13-18,20-25,30,33-34,42-49,68,78-79H,11-12,19,26-29,31-32,58-60H2,1-2H3,(H,61,74)(H,62,69)(H,63,71)(H,64,75)(H,65,72)(H,66,73)(H,67,70)(H,76,77)/t33-,34-,42+,43+,44+,45+,46+,47+,48+,49+/m1/s1. The van der Waals surface area contributed by atoms with Gasteiger partial charge in [-0.05, 0) is 77.9 Å². The van der Waals surface area contributed by atoms with Crippen LogP contribution in [0.4, 0.5) is 5.69 Å². The smallest absolute Gasteiger partial charge is 0.327 e. The molecule has 0 aliphatic rings. The van der Waals surface area contributed by atoms with Gasteiger partial charge in [0, 0.05) is 42.4 Å². The highest BCUT2D eigenvalue weighted by molar-refractivity contribution is 7.80. The van der Waals surface area contributed by atoms with E-state index in [9.17, 15) is 43.8 Å². The number of unbranched alkanes of at least 4 members (excludes halogenated alkanes) is 1. The second-order valence-electron chi connectivity index (χ2n) is 19.3. The van der Waals surface area contributed by atoms with Gasteiger partial charge in [0.2, 0.25) is 41.4 Å². The van der Waals surface area contributed by atoms with Crippen LogP contribution in [-0.2, 0) is 57.6 Å². The Balaban J connectivity index is 1.49. The first-order valence-electron chi connectivity index (χ1n) is 25.9. The maximum absolute atomic E-state index is 15.1. The molecule has 422 valence electrons. The number of benzene rings is 5. The van der Waals surface area contributed by atoms with Crippen molar-refractivity contribution in [1.82, 2.24) is 37.2 Å². The van der Waals surface area contributed by atoms with Gasteiger partial charge in [0.25, 0.3) is 0 Å². The number of hydrogen-bond donors (Lipinski definition) is 14. The lowest BCUT2D eigenvalue weighted by molar-refractivity contribution is -0.141. The van der Waals surface area contributed by atoms with E-state index in [-0.39, 0.29) is 43.7 Å². The maximum Gasteiger partial charge on any atom is 0.327 e. The molecule has 0 aliphatic heterocycles. The van der Waals surface area contributed by atoms with Gasteiger partial charge in [0.05, 0.1) is 12.1 Å². The Morgan fingerprint density at radius 3 is 1.46 bits per heavy atom. The summed E-state index contributed by atoms with van der Waals surface area (Å²) in [6, 6.07) is 26.2. The first-order chi connectivity index (χ1) is 37.8. The highest BCUT2D eigenvalue weighted by Gasteiger charge is 2.37. The van der Waals surface area contributed by atoms with E-state index >= 15 is 4.79 Å². The number of nitrogens with two attached hydrogens (primary N) is 3. The summed E-state index contributed by atoms with van der Waals surface area (Å²) in [5.41, 5.74) is 20.8. The average molecular weight is 1120 g/mol. The molecule has 0 unspecified atom stereocenters. The lowest BCUT2D eigenvalue weighted by atomic mass is 9.90. The Morgan fingerprint density at radius 1 is 0.494 bits per heavy atom. The molecule has 22 heteroatoms. The molecule has 0 saturated carbocycles. The highest BCUT2D eigenvalue weighted by atomic mass is 32.1. The van der Waals surface area contributed by atoms with Crippen molar-refractivity contribution >= 4 is 89.0 Å². The van der Waals surface area contributed by atoms with Gasteiger partial charge in [-0.2, -0.15) is 25.3 Å². The Labute approximate surface area is 470 Å². The first-order valence-corrected chi connectivity index (χ1v) is 27.2. The van der Waals surface area contributed by atoms with Gasteiger partial charge in [-0.15, -0.1) is 0 Å². The quantitative estimate of drug-likeness (QED) is 0.0176. The molecule has 79 heavy (non-hydrogen) atoms. The van der Waals surface area contributed by atoms with Gasteiger partial charge in [-0.25, -0.2) is 4.79 Å². The van der Waals surface area contributed by atoms with Crippen LogP contribution in [0.25, 0.3) is 10.8 Å². The van der Waals surface area contributed by atoms with Gasteiger partial charge in [0.15, 0.2) is 0 Å². The van der Waals surface area contributed by atoms with E-state index in [1.807, 2.05) is 42.5 Å². The SMILES string of the molecule is C[C@H](c1ccc2ccccc2c1)[C@H](NC(=O)[C@H](Cc1ccc(N)cc1)NC(=O)[C@H](Cc1ccccc1)NC(=O)[C@@H](N)CS)C(=O)N[C@@H](CCCCN)C(=O)N[C@H](C(=O)N[C@@H](Cc1ccccc1)C(=O)N[C@@H](CS)C(=O)O)[C@@H](C)O. The fraction of sp³-hybridized carbons (Fsp3) is 0.368. The lowest BCUT2D eigenvalue weighted by Gasteiger charge is -2.31. The molecule has 7 amide bonds. The third kappa shape index (κ3) is 19.1. The third-order valence-electron chi connectivity index (χ3n) is 13.2. The van der Waals surface area contributed by atoms with Gasteiger partial charge in [0.1, 0.15) is 42.3 Å². The predicted molar refractivity (Wildman–Crippen MR) is 309 cm³/mol. The zero-order chi connectivity index (χ0) is 57.6. The number of thiol groups is 2. The van der Waals surface area contributed by atoms with Crippen molar-refractivity contribution in [1.29, 1.82) is 0 Å². The summed E-state index contributed by atoms with van der Waals surface area (Å²) in [5, 5.41) is 41.0. The average Bonchev–Trinajstić information content (AvgIpc) is 3.45. The number of aliphatic hydroxyl groups excluding tert-OH is 1. The summed E-state index contributed by atoms with van der Waals surface area (Å²) >= 11 is 8.18. The van der Waals surface area contributed by atoms with E-state index in [2.05, 4.69) is 62.5 Å². The van der Waals surface area contributed by atoms with Crippen molar-refractivity contribution in [2.75, 3.05) is 23.8 Å². The van der Waals surface area contributed by atoms with Crippen LogP contribution in [-0.4, -0.2) is 130 Å². The normalized spacial score (nSPS) is 15.0. The van der Waals surface area contributed by atoms with Gasteiger partial charge < -0.3 is 64.6 Å². The Bertz CT molecular complexity index is 2850. The second kappa shape index (κ2) is 31.2. The molecule has 0 spiro atoms. The molecule has 0 bridgehead atoms. The monoisotopic (exact) mass is 1120 g/mol. The molecule has 0 aliphatic carbocycles. The number of anilines is 1. The van der Waals surface area contributed by atoms with Crippen LogP contribution in [0.3, 0.4) is 0 Å². The molecule has 20 nitrogen and oxygen atoms in total. The zero-order valence-electron chi connectivity index (χ0n) is 44.0. The van der Waals surface area contributed by atoms with Crippen molar-refractivity contribution in [3.05, 3.63) is 150 Å². The summed E-state index contributed by atoms with van der Waals surface area (Å²) in [5.74, 6) is -8.21. The van der Waals surface area contributed by atoms with E-state index in [0.29, 0.717) is 40.8 Å². The minimum atomic E-state index is -1.71. The van der Waals surface area contributed by atoms with E-state index in [0.717, 1.165) is 10.8 Å². The highest BCUT2D eigenvalue weighted by Crippen LogP contribution is 2.25. The van der Waals surface area contributed by atoms with Crippen LogP contribution >= 0.6 is 25.3 Å². The third-order valence-corrected chi connectivity index (χ3v) is 14.0. The molecule has 0 heterocycles. The molecule has 0 fully saturated rings. The van der Waals surface area contributed by atoms with E-state index < -0.39 is 108 Å². The molecule has 10 atom stereocenters. The van der Waals surface area contributed by atoms with E-state index in [1.54, 1.807) is 91.9 Å². The summed E-state index contributed by atoms with van der Waals surface area (Å²) in [7, 11) is 0. The fourth-order valence-electron chi connectivity index (χ4n) is 8.61. The summed E-state index contributed by atoms with van der Waals surface area (Å²) in [6.07, 6.45) is -1.03. The number of amides is 7. The van der Waals surface area contributed by atoms with Crippen molar-refractivity contribution in [2.24, 2.45) is 11.5 Å². The molecule has 0 radical (unpaired) electrons. The number of fused-ring (bicyclic) bond motifs is 1. The largest absolute Gasteiger partial charge is 0.480 e. The molecule has 5 aromatic carbocycles. The molecule has 15 N–H and O–H groups in total. The number of nitrogens with one attached hydrogen (secondary N) is 7. The molecular formula is C57H72N10O10S2. The van der Waals surface area contributed by atoms with Gasteiger partial charge >= 0.3 is 5.97 Å². The number of carbonyl (C=O) groups is 8. The summed E-state index contributed by atoms with van der Waals surface area (Å²) in [6.45, 7) is 3.19. The number of aliphatic hydroxyl groups is 1. The van der Waals surface area contributed by atoms with Crippen LogP contribution in [0.15, 0.2) is 127 Å². The lowest BCUT2D eigenvalue weighted by Crippen LogP contribution is -2.62. The number of carboxylic acid groups (broad SMARTS) is 1. The van der Waals surface area contributed by atoms with Gasteiger partial charge in [-0.3, -0.25) is 33.6 Å². The fourth-order valence-corrected chi connectivity index (χ4v) is 9.02. The van der Waals surface area contributed by atoms with Crippen LogP contribution in [0.1, 0.15) is 61.3 Å². The van der Waals surface area contributed by atoms with E-state index in [4.69, 9.17) is 17.2 Å². The molecule has 5 aromatic rings.